The molecule has 1 aromatic rings. The van der Waals surface area contributed by atoms with E-state index in [4.69, 9.17) is 0 Å². The summed E-state index contributed by atoms with van der Waals surface area (Å²) >= 11 is 0. The molecule has 1 aromatic heterocycles. The molecule has 5 heteroatoms. The van der Waals surface area contributed by atoms with Gasteiger partial charge in [0.2, 0.25) is 5.91 Å². The van der Waals surface area contributed by atoms with Gasteiger partial charge >= 0.3 is 0 Å². The zero-order valence-electron chi connectivity index (χ0n) is 12.4. The maximum absolute atomic E-state index is 11.8. The SMILES string of the molecule is CC(=O)N1CCC(CCC(=O)/C=C/c2ccnnc2)CC1. The third-order valence-electron chi connectivity index (χ3n) is 3.93. The first-order valence-electron chi connectivity index (χ1n) is 7.38. The molecule has 112 valence electrons. The van der Waals surface area contributed by atoms with Crippen molar-refractivity contribution in [2.75, 3.05) is 13.1 Å². The van der Waals surface area contributed by atoms with Crippen LogP contribution in [0.25, 0.3) is 6.08 Å². The van der Waals surface area contributed by atoms with Gasteiger partial charge < -0.3 is 4.90 Å². The molecule has 0 unspecified atom stereocenters. The van der Waals surface area contributed by atoms with Crippen molar-refractivity contribution in [2.24, 2.45) is 5.92 Å². The smallest absolute Gasteiger partial charge is 0.219 e. The van der Waals surface area contributed by atoms with Crippen LogP contribution in [0.3, 0.4) is 0 Å². The van der Waals surface area contributed by atoms with Crippen LogP contribution in [0.2, 0.25) is 0 Å². The van der Waals surface area contributed by atoms with E-state index in [1.165, 1.54) is 0 Å². The Balaban J connectivity index is 1.70. The summed E-state index contributed by atoms with van der Waals surface area (Å²) in [5.74, 6) is 0.847. The monoisotopic (exact) mass is 287 g/mol. The second kappa shape index (κ2) is 7.67. The molecule has 0 aliphatic carbocycles. The highest BCUT2D eigenvalue weighted by Gasteiger charge is 2.20. The van der Waals surface area contributed by atoms with Gasteiger partial charge in [0.05, 0.1) is 12.4 Å². The zero-order chi connectivity index (χ0) is 15.1. The number of amides is 1. The first kappa shape index (κ1) is 15.4. The Bertz CT molecular complexity index is 506. The molecule has 0 N–H and O–H groups in total. The number of allylic oxidation sites excluding steroid dienone is 1. The van der Waals surface area contributed by atoms with Gasteiger partial charge in [-0.05, 0) is 49.0 Å². The lowest BCUT2D eigenvalue weighted by Gasteiger charge is -2.31. The quantitative estimate of drug-likeness (QED) is 0.778. The lowest BCUT2D eigenvalue weighted by molar-refractivity contribution is -0.130. The Kier molecular flexibility index (Phi) is 5.60. The van der Waals surface area contributed by atoms with Gasteiger partial charge in [-0.1, -0.05) is 0 Å². The molecule has 0 spiro atoms. The van der Waals surface area contributed by atoms with Crippen molar-refractivity contribution in [3.05, 3.63) is 30.1 Å². The topological polar surface area (TPSA) is 63.2 Å². The van der Waals surface area contributed by atoms with E-state index in [0.717, 1.165) is 37.9 Å². The van der Waals surface area contributed by atoms with Crippen LogP contribution in [-0.2, 0) is 9.59 Å². The molecule has 2 heterocycles. The van der Waals surface area contributed by atoms with Gasteiger partial charge in [0, 0.05) is 26.4 Å². The van der Waals surface area contributed by atoms with Crippen LogP contribution in [-0.4, -0.2) is 39.9 Å². The van der Waals surface area contributed by atoms with Crippen molar-refractivity contribution in [3.63, 3.8) is 0 Å². The average Bonchev–Trinajstić information content (AvgIpc) is 2.52. The molecule has 1 saturated heterocycles. The molecule has 0 atom stereocenters. The molecular formula is C16H21N3O2. The second-order valence-corrected chi connectivity index (χ2v) is 5.46. The van der Waals surface area contributed by atoms with E-state index in [-0.39, 0.29) is 11.7 Å². The number of likely N-dealkylation sites (tertiary alicyclic amines) is 1. The third kappa shape index (κ3) is 5.10. The minimum atomic E-state index is 0.140. The van der Waals surface area contributed by atoms with Crippen LogP contribution < -0.4 is 0 Å². The van der Waals surface area contributed by atoms with E-state index in [9.17, 15) is 9.59 Å². The lowest BCUT2D eigenvalue weighted by Crippen LogP contribution is -2.37. The molecular weight excluding hydrogens is 266 g/mol. The summed E-state index contributed by atoms with van der Waals surface area (Å²) in [5, 5.41) is 7.45. The van der Waals surface area contributed by atoms with Crippen molar-refractivity contribution in [1.82, 2.24) is 15.1 Å². The predicted octanol–water partition coefficient (Wildman–Crippen LogP) is 2.10. The lowest BCUT2D eigenvalue weighted by atomic mass is 9.91. The standard InChI is InChI=1S/C16H21N3O2/c1-13(20)19-10-7-14(8-11-19)2-4-16(21)5-3-15-6-9-17-18-12-15/h3,5-6,9,12,14H,2,4,7-8,10-11H2,1H3/b5-3+. The number of piperidine rings is 1. The van der Waals surface area contributed by atoms with E-state index in [1.54, 1.807) is 31.5 Å². The maximum Gasteiger partial charge on any atom is 0.219 e. The zero-order valence-corrected chi connectivity index (χ0v) is 12.4. The van der Waals surface area contributed by atoms with Gasteiger partial charge in [-0.3, -0.25) is 9.59 Å². The minimum absolute atomic E-state index is 0.140. The largest absolute Gasteiger partial charge is 0.343 e. The van der Waals surface area contributed by atoms with Crippen LogP contribution in [0.4, 0.5) is 0 Å². The number of hydrogen-bond donors (Lipinski definition) is 0. The summed E-state index contributed by atoms with van der Waals surface area (Å²) in [6.45, 7) is 3.27. The summed E-state index contributed by atoms with van der Waals surface area (Å²) in [4.78, 5) is 25.0. The van der Waals surface area contributed by atoms with Crippen LogP contribution >= 0.6 is 0 Å². The summed E-state index contributed by atoms with van der Waals surface area (Å²) in [6, 6.07) is 1.81. The molecule has 5 nitrogen and oxygen atoms in total. The molecule has 2 rings (SSSR count). The Hall–Kier alpha value is -2.04. The van der Waals surface area contributed by atoms with Crippen molar-refractivity contribution >= 4 is 17.8 Å². The van der Waals surface area contributed by atoms with Gasteiger partial charge in [0.25, 0.3) is 0 Å². The maximum atomic E-state index is 11.8. The number of rotatable bonds is 5. The molecule has 0 bridgehead atoms. The van der Waals surface area contributed by atoms with Crippen molar-refractivity contribution < 1.29 is 9.59 Å². The molecule has 0 saturated carbocycles. The Morgan fingerprint density at radius 2 is 2.10 bits per heavy atom. The van der Waals surface area contributed by atoms with Gasteiger partial charge in [-0.25, -0.2) is 0 Å². The predicted molar refractivity (Wildman–Crippen MR) is 80.3 cm³/mol. The average molecular weight is 287 g/mol. The fraction of sp³-hybridized carbons (Fsp3) is 0.500. The van der Waals surface area contributed by atoms with E-state index < -0.39 is 0 Å². The molecule has 0 aromatic carbocycles. The van der Waals surface area contributed by atoms with Crippen molar-refractivity contribution in [3.8, 4) is 0 Å². The first-order chi connectivity index (χ1) is 10.1. The van der Waals surface area contributed by atoms with E-state index in [2.05, 4.69) is 10.2 Å². The van der Waals surface area contributed by atoms with Gasteiger partial charge in [0.1, 0.15) is 0 Å². The summed E-state index contributed by atoms with van der Waals surface area (Å²) in [7, 11) is 0. The summed E-state index contributed by atoms with van der Waals surface area (Å²) in [5.41, 5.74) is 0.883. The Morgan fingerprint density at radius 3 is 2.71 bits per heavy atom. The highest BCUT2D eigenvalue weighted by Crippen LogP contribution is 2.22. The minimum Gasteiger partial charge on any atom is -0.343 e. The molecule has 1 fully saturated rings. The molecule has 1 aliphatic heterocycles. The first-order valence-corrected chi connectivity index (χ1v) is 7.38. The fourth-order valence-corrected chi connectivity index (χ4v) is 2.55. The summed E-state index contributed by atoms with van der Waals surface area (Å²) < 4.78 is 0. The number of hydrogen-bond acceptors (Lipinski definition) is 4. The number of carbonyl (C=O) groups is 2. The van der Waals surface area contributed by atoms with Crippen LogP contribution in [0.15, 0.2) is 24.5 Å². The van der Waals surface area contributed by atoms with E-state index >= 15 is 0 Å². The molecule has 1 amide bonds. The second-order valence-electron chi connectivity index (χ2n) is 5.46. The van der Waals surface area contributed by atoms with Crippen LogP contribution in [0.5, 0.6) is 0 Å². The van der Waals surface area contributed by atoms with Crippen molar-refractivity contribution in [2.45, 2.75) is 32.6 Å². The third-order valence-corrected chi connectivity index (χ3v) is 3.93. The van der Waals surface area contributed by atoms with Crippen LogP contribution in [0.1, 0.15) is 38.2 Å². The molecule has 0 radical (unpaired) electrons. The van der Waals surface area contributed by atoms with E-state index in [1.807, 2.05) is 11.0 Å². The number of nitrogens with zero attached hydrogens (tertiary/aromatic N) is 3. The molecule has 1 aliphatic rings. The molecule has 21 heavy (non-hydrogen) atoms. The number of aromatic nitrogens is 2. The number of ketones is 1. The van der Waals surface area contributed by atoms with Crippen LogP contribution in [0, 0.1) is 5.92 Å². The fourth-order valence-electron chi connectivity index (χ4n) is 2.55. The highest BCUT2D eigenvalue weighted by molar-refractivity contribution is 5.93. The van der Waals surface area contributed by atoms with Gasteiger partial charge in [-0.2, -0.15) is 10.2 Å². The number of carbonyl (C=O) groups excluding carboxylic acids is 2. The van der Waals surface area contributed by atoms with Gasteiger partial charge in [0.15, 0.2) is 5.78 Å². The van der Waals surface area contributed by atoms with Crippen molar-refractivity contribution in [1.29, 1.82) is 0 Å². The Morgan fingerprint density at radius 1 is 1.33 bits per heavy atom. The Labute approximate surface area is 125 Å². The van der Waals surface area contributed by atoms with Gasteiger partial charge in [-0.15, -0.1) is 0 Å². The highest BCUT2D eigenvalue weighted by atomic mass is 16.2. The normalized spacial score (nSPS) is 16.3. The summed E-state index contributed by atoms with van der Waals surface area (Å²) in [6.07, 6.45) is 10.1. The van der Waals surface area contributed by atoms with E-state index in [0.29, 0.717) is 12.3 Å².